The maximum Gasteiger partial charge on any atom is 0.196 e. The van der Waals surface area contributed by atoms with Crippen LogP contribution in [0, 0.1) is 11.8 Å². The minimum Gasteiger partial charge on any atom is -0.472 e. The molecule has 1 aliphatic carbocycles. The molecule has 4 heterocycles. The van der Waals surface area contributed by atoms with Gasteiger partial charge in [0.1, 0.15) is 5.76 Å². The standard InChI is InChI=1S/C20H24N2OS/c1-11-10-24-20-13(11)8-9-17(22-20)16-5-3-4-14-15-7-6-12(2)21-19(15)23-18(14)16/h6-8,10,14-15,17,19-20,22H,3-5,9H2,1-2H3/t14?,15?,17-,19?,20-/m1/s1/i2D3. The van der Waals surface area contributed by atoms with Crippen molar-refractivity contribution in [3.8, 4) is 0 Å². The molecule has 3 unspecified atom stereocenters. The van der Waals surface area contributed by atoms with Crippen molar-refractivity contribution >= 4 is 17.5 Å². The summed E-state index contributed by atoms with van der Waals surface area (Å²) in [7, 11) is 0. The number of fused-ring (bicyclic) bond motifs is 4. The molecule has 5 aliphatic rings. The van der Waals surface area contributed by atoms with E-state index in [2.05, 4.69) is 28.7 Å². The van der Waals surface area contributed by atoms with Crippen molar-refractivity contribution in [1.29, 1.82) is 0 Å². The van der Waals surface area contributed by atoms with Crippen molar-refractivity contribution in [2.24, 2.45) is 16.8 Å². The lowest BCUT2D eigenvalue weighted by molar-refractivity contribution is 0.146. The summed E-state index contributed by atoms with van der Waals surface area (Å²) in [5.41, 5.74) is 4.33. The molecule has 1 saturated heterocycles. The van der Waals surface area contributed by atoms with Crippen LogP contribution in [-0.2, 0) is 4.74 Å². The molecule has 5 atom stereocenters. The Morgan fingerprint density at radius 3 is 3.33 bits per heavy atom. The van der Waals surface area contributed by atoms with Gasteiger partial charge in [-0.3, -0.25) is 5.32 Å². The van der Waals surface area contributed by atoms with E-state index in [0.29, 0.717) is 17.3 Å². The van der Waals surface area contributed by atoms with Crippen LogP contribution in [0.2, 0.25) is 0 Å². The molecule has 0 amide bonds. The van der Waals surface area contributed by atoms with Crippen LogP contribution in [0.15, 0.2) is 51.1 Å². The highest BCUT2D eigenvalue weighted by molar-refractivity contribution is 8.03. The normalized spacial score (nSPS) is 42.6. The maximum absolute atomic E-state index is 7.62. The third kappa shape index (κ3) is 2.26. The van der Waals surface area contributed by atoms with Crippen molar-refractivity contribution in [1.82, 2.24) is 5.32 Å². The predicted molar refractivity (Wildman–Crippen MR) is 99.7 cm³/mol. The maximum atomic E-state index is 7.62. The first-order valence-corrected chi connectivity index (χ1v) is 9.81. The molecule has 0 bridgehead atoms. The third-order valence-electron chi connectivity index (χ3n) is 5.86. The van der Waals surface area contributed by atoms with Crippen LogP contribution in [0.5, 0.6) is 0 Å². The minimum atomic E-state index is -2.17. The van der Waals surface area contributed by atoms with E-state index in [4.69, 9.17) is 8.85 Å². The molecule has 24 heavy (non-hydrogen) atoms. The van der Waals surface area contributed by atoms with E-state index in [0.717, 1.165) is 31.4 Å². The van der Waals surface area contributed by atoms with Gasteiger partial charge in [0.25, 0.3) is 0 Å². The third-order valence-corrected chi connectivity index (χ3v) is 7.02. The SMILES string of the molecule is [2H]C([2H])([2H])C1=NC2OC3=C([C@H]4CC=C5C(C)=CS[C@H]5N4)CCCC3C2C=C1. The van der Waals surface area contributed by atoms with Crippen LogP contribution in [0.4, 0.5) is 0 Å². The largest absolute Gasteiger partial charge is 0.472 e. The highest BCUT2D eigenvalue weighted by Crippen LogP contribution is 2.48. The van der Waals surface area contributed by atoms with Gasteiger partial charge in [-0.2, -0.15) is 0 Å². The average molecular weight is 344 g/mol. The number of ether oxygens (including phenoxy) is 1. The summed E-state index contributed by atoms with van der Waals surface area (Å²) in [4.78, 5) is 4.45. The van der Waals surface area contributed by atoms with Crippen LogP contribution in [0.3, 0.4) is 0 Å². The molecule has 5 rings (SSSR count). The van der Waals surface area contributed by atoms with Crippen molar-refractivity contribution in [3.05, 3.63) is 46.1 Å². The summed E-state index contributed by atoms with van der Waals surface area (Å²) in [6, 6.07) is 0.304. The van der Waals surface area contributed by atoms with E-state index < -0.39 is 6.85 Å². The Morgan fingerprint density at radius 1 is 1.46 bits per heavy atom. The quantitative estimate of drug-likeness (QED) is 0.770. The van der Waals surface area contributed by atoms with Crippen LogP contribution >= 0.6 is 11.8 Å². The molecule has 0 aromatic rings. The number of thioether (sulfide) groups is 1. The van der Waals surface area contributed by atoms with Crippen LogP contribution < -0.4 is 5.32 Å². The molecule has 4 heteroatoms. The number of dihydropyridines is 1. The van der Waals surface area contributed by atoms with Gasteiger partial charge in [-0.25, -0.2) is 4.99 Å². The van der Waals surface area contributed by atoms with E-state index in [1.165, 1.54) is 16.7 Å². The van der Waals surface area contributed by atoms with E-state index in [-0.39, 0.29) is 17.9 Å². The van der Waals surface area contributed by atoms with E-state index in [1.807, 2.05) is 17.8 Å². The number of allylic oxidation sites excluding steroid dienone is 2. The molecule has 1 N–H and O–H groups in total. The zero-order valence-corrected chi connectivity index (χ0v) is 14.6. The van der Waals surface area contributed by atoms with Crippen LogP contribution in [0.1, 0.15) is 43.6 Å². The Balaban J connectivity index is 1.43. The number of aliphatic imine (C=N–C) groups is 1. The Bertz CT molecular complexity index is 824. The van der Waals surface area contributed by atoms with Crippen molar-refractivity contribution in [2.75, 3.05) is 0 Å². The summed E-state index contributed by atoms with van der Waals surface area (Å²) >= 11 is 1.85. The molecule has 1 fully saturated rings. The Kier molecular flexibility index (Phi) is 2.85. The van der Waals surface area contributed by atoms with Gasteiger partial charge in [0, 0.05) is 27.7 Å². The van der Waals surface area contributed by atoms with Crippen molar-refractivity contribution in [3.63, 3.8) is 0 Å². The fraction of sp³-hybridized carbons (Fsp3) is 0.550. The molecule has 0 aromatic carbocycles. The average Bonchev–Trinajstić information content (AvgIpc) is 3.20. The monoisotopic (exact) mass is 343 g/mol. The fourth-order valence-electron chi connectivity index (χ4n) is 4.67. The summed E-state index contributed by atoms with van der Waals surface area (Å²) in [5.74, 6) is 1.58. The molecule has 126 valence electrons. The van der Waals surface area contributed by atoms with Gasteiger partial charge in [-0.1, -0.05) is 12.2 Å². The lowest BCUT2D eigenvalue weighted by Crippen LogP contribution is -2.41. The second kappa shape index (κ2) is 5.63. The number of nitrogens with zero attached hydrogens (tertiary/aromatic N) is 1. The Morgan fingerprint density at radius 2 is 2.42 bits per heavy atom. The number of nitrogens with one attached hydrogen (secondary N) is 1. The zero-order valence-electron chi connectivity index (χ0n) is 16.8. The summed E-state index contributed by atoms with van der Waals surface area (Å²) < 4.78 is 29.2. The molecule has 4 aliphatic heterocycles. The van der Waals surface area contributed by atoms with Crippen LogP contribution in [0.25, 0.3) is 0 Å². The molecule has 0 spiro atoms. The second-order valence-electron chi connectivity index (χ2n) is 7.28. The second-order valence-corrected chi connectivity index (χ2v) is 8.26. The topological polar surface area (TPSA) is 33.6 Å². The van der Waals surface area contributed by atoms with Crippen LogP contribution in [-0.4, -0.2) is 23.4 Å². The van der Waals surface area contributed by atoms with Gasteiger partial charge < -0.3 is 4.74 Å². The van der Waals surface area contributed by atoms with Gasteiger partial charge in [-0.15, -0.1) is 11.8 Å². The molecular weight excluding hydrogens is 316 g/mol. The highest BCUT2D eigenvalue weighted by atomic mass is 32.2. The van der Waals surface area contributed by atoms with E-state index in [9.17, 15) is 0 Å². The van der Waals surface area contributed by atoms with Gasteiger partial charge in [-0.05, 0) is 67.7 Å². The number of rotatable bonds is 1. The summed E-state index contributed by atoms with van der Waals surface area (Å²) in [5, 5.41) is 6.39. The lowest BCUT2D eigenvalue weighted by Gasteiger charge is -2.33. The molecule has 3 nitrogen and oxygen atoms in total. The lowest BCUT2D eigenvalue weighted by atomic mass is 9.78. The van der Waals surface area contributed by atoms with Gasteiger partial charge in [0.2, 0.25) is 0 Å². The molecule has 0 saturated carbocycles. The molecule has 0 radical (unpaired) electrons. The van der Waals surface area contributed by atoms with E-state index in [1.54, 1.807) is 6.08 Å². The van der Waals surface area contributed by atoms with E-state index >= 15 is 0 Å². The number of hydrogen-bond donors (Lipinski definition) is 1. The molecular formula is C20H24N2OS. The predicted octanol–water partition coefficient (Wildman–Crippen LogP) is 4.31. The zero-order chi connectivity index (χ0) is 18.8. The first kappa shape index (κ1) is 12.2. The van der Waals surface area contributed by atoms with Gasteiger partial charge >= 0.3 is 0 Å². The van der Waals surface area contributed by atoms with Gasteiger partial charge in [0.15, 0.2) is 6.23 Å². The van der Waals surface area contributed by atoms with Crippen molar-refractivity contribution in [2.45, 2.75) is 57.1 Å². The Hall–Kier alpha value is -1.26. The highest BCUT2D eigenvalue weighted by Gasteiger charge is 2.45. The Labute approximate surface area is 152 Å². The first-order valence-electron chi connectivity index (χ1n) is 10.4. The molecule has 0 aromatic heterocycles. The fourth-order valence-corrected chi connectivity index (χ4v) is 5.81. The smallest absolute Gasteiger partial charge is 0.196 e. The minimum absolute atomic E-state index is 0.164. The summed E-state index contributed by atoms with van der Waals surface area (Å²) in [6.07, 6.45) is 9.99. The number of hydrogen-bond acceptors (Lipinski definition) is 4. The first-order chi connectivity index (χ1) is 12.9. The summed E-state index contributed by atoms with van der Waals surface area (Å²) in [6.45, 7) is 0.00346. The van der Waals surface area contributed by atoms with Gasteiger partial charge in [0.05, 0.1) is 5.37 Å². The van der Waals surface area contributed by atoms with Crippen molar-refractivity contribution < 1.29 is 8.85 Å².